The van der Waals surface area contributed by atoms with Gasteiger partial charge in [-0.3, -0.25) is 4.79 Å². The number of rotatable bonds is 5. The summed E-state index contributed by atoms with van der Waals surface area (Å²) in [5, 5.41) is 6.98. The molecule has 0 saturated carbocycles. The van der Waals surface area contributed by atoms with Crippen LogP contribution in [0.4, 0.5) is 5.69 Å². The molecular formula is C15H13N3O3. The van der Waals surface area contributed by atoms with Gasteiger partial charge in [0.2, 0.25) is 11.7 Å². The third kappa shape index (κ3) is 3.00. The van der Waals surface area contributed by atoms with Crippen LogP contribution < -0.4 is 5.32 Å². The molecule has 0 amide bonds. The van der Waals surface area contributed by atoms with E-state index >= 15 is 0 Å². The van der Waals surface area contributed by atoms with Gasteiger partial charge in [-0.05, 0) is 31.2 Å². The first-order chi connectivity index (χ1) is 10.2. The summed E-state index contributed by atoms with van der Waals surface area (Å²) in [5.74, 6) is 1.43. The third-order valence-corrected chi connectivity index (χ3v) is 2.92. The van der Waals surface area contributed by atoms with Crippen LogP contribution in [0, 0.1) is 0 Å². The van der Waals surface area contributed by atoms with E-state index in [1.807, 2.05) is 12.1 Å². The van der Waals surface area contributed by atoms with Crippen LogP contribution in [0.5, 0.6) is 0 Å². The molecule has 0 unspecified atom stereocenters. The van der Waals surface area contributed by atoms with Gasteiger partial charge in [0.15, 0.2) is 11.5 Å². The zero-order valence-corrected chi connectivity index (χ0v) is 11.4. The molecule has 0 saturated heterocycles. The Morgan fingerprint density at radius 1 is 1.29 bits per heavy atom. The van der Waals surface area contributed by atoms with Crippen molar-refractivity contribution in [1.29, 1.82) is 0 Å². The van der Waals surface area contributed by atoms with E-state index in [1.54, 1.807) is 30.5 Å². The van der Waals surface area contributed by atoms with Crippen LogP contribution in [0.1, 0.15) is 23.2 Å². The Kier molecular flexibility index (Phi) is 3.51. The molecule has 0 aliphatic carbocycles. The van der Waals surface area contributed by atoms with Crippen molar-refractivity contribution in [2.24, 2.45) is 0 Å². The molecule has 0 aliphatic heterocycles. The summed E-state index contributed by atoms with van der Waals surface area (Å²) >= 11 is 0. The van der Waals surface area contributed by atoms with E-state index in [9.17, 15) is 4.79 Å². The van der Waals surface area contributed by atoms with Crippen LogP contribution in [0.2, 0.25) is 0 Å². The van der Waals surface area contributed by atoms with Crippen molar-refractivity contribution in [3.05, 3.63) is 54.1 Å². The number of furan rings is 1. The molecule has 2 heterocycles. The predicted molar refractivity (Wildman–Crippen MR) is 75.8 cm³/mol. The van der Waals surface area contributed by atoms with Crippen molar-refractivity contribution in [1.82, 2.24) is 10.1 Å². The van der Waals surface area contributed by atoms with E-state index < -0.39 is 0 Å². The van der Waals surface area contributed by atoms with Gasteiger partial charge in [0.1, 0.15) is 0 Å². The Balaban J connectivity index is 1.68. The van der Waals surface area contributed by atoms with Crippen LogP contribution in [-0.4, -0.2) is 15.9 Å². The number of hydrogen-bond donors (Lipinski definition) is 1. The fourth-order valence-corrected chi connectivity index (χ4v) is 1.86. The Bertz CT molecular complexity index is 747. The Hall–Kier alpha value is -2.89. The fraction of sp³-hybridized carbons (Fsp3) is 0.133. The lowest BCUT2D eigenvalue weighted by atomic mass is 10.1. The molecule has 3 rings (SSSR count). The van der Waals surface area contributed by atoms with Crippen molar-refractivity contribution in [3.63, 3.8) is 0 Å². The average Bonchev–Trinajstić information content (AvgIpc) is 3.16. The summed E-state index contributed by atoms with van der Waals surface area (Å²) in [5.41, 5.74) is 1.47. The van der Waals surface area contributed by atoms with Crippen molar-refractivity contribution in [3.8, 4) is 11.6 Å². The number of benzene rings is 1. The first kappa shape index (κ1) is 13.1. The third-order valence-electron chi connectivity index (χ3n) is 2.92. The average molecular weight is 283 g/mol. The van der Waals surface area contributed by atoms with Gasteiger partial charge in [-0.15, -0.1) is 0 Å². The first-order valence-electron chi connectivity index (χ1n) is 6.44. The highest BCUT2D eigenvalue weighted by atomic mass is 16.5. The minimum absolute atomic E-state index is 0.0246. The maximum Gasteiger partial charge on any atom is 0.246 e. The number of nitrogens with one attached hydrogen (secondary N) is 1. The SMILES string of the molecule is CC(=O)c1cccc(NCc2nc(-c3ccco3)no2)c1. The van der Waals surface area contributed by atoms with Gasteiger partial charge in [-0.1, -0.05) is 17.3 Å². The van der Waals surface area contributed by atoms with Gasteiger partial charge in [0.25, 0.3) is 0 Å². The lowest BCUT2D eigenvalue weighted by Crippen LogP contribution is -2.01. The molecule has 6 nitrogen and oxygen atoms in total. The molecule has 3 aromatic rings. The van der Waals surface area contributed by atoms with Crippen molar-refractivity contribution in [2.75, 3.05) is 5.32 Å². The van der Waals surface area contributed by atoms with Crippen molar-refractivity contribution >= 4 is 11.5 Å². The van der Waals surface area contributed by atoms with E-state index in [0.29, 0.717) is 29.6 Å². The standard InChI is InChI=1S/C15H13N3O3/c1-10(19)11-4-2-5-12(8-11)16-9-14-17-15(18-21-14)13-6-3-7-20-13/h2-8,16H,9H2,1H3. The number of ketones is 1. The van der Waals surface area contributed by atoms with Crippen molar-refractivity contribution < 1.29 is 13.7 Å². The molecule has 1 aromatic carbocycles. The zero-order valence-electron chi connectivity index (χ0n) is 11.4. The number of Topliss-reactive ketones (excluding diaryl/α,β-unsaturated/α-hetero) is 1. The molecule has 6 heteroatoms. The van der Waals surface area contributed by atoms with E-state index in [2.05, 4.69) is 15.5 Å². The summed E-state index contributed by atoms with van der Waals surface area (Å²) in [7, 11) is 0. The number of carbonyl (C=O) groups excluding carboxylic acids is 1. The predicted octanol–water partition coefficient (Wildman–Crippen LogP) is 3.14. The van der Waals surface area contributed by atoms with Gasteiger partial charge in [0.05, 0.1) is 12.8 Å². The van der Waals surface area contributed by atoms with E-state index in [1.165, 1.54) is 6.92 Å². The highest BCUT2D eigenvalue weighted by Gasteiger charge is 2.10. The lowest BCUT2D eigenvalue weighted by molar-refractivity contribution is 0.101. The Labute approximate surface area is 120 Å². The van der Waals surface area contributed by atoms with Gasteiger partial charge >= 0.3 is 0 Å². The van der Waals surface area contributed by atoms with E-state index in [4.69, 9.17) is 8.94 Å². The summed E-state index contributed by atoms with van der Waals surface area (Å²) in [6.07, 6.45) is 1.55. The molecule has 1 N–H and O–H groups in total. The quantitative estimate of drug-likeness (QED) is 0.724. The minimum atomic E-state index is 0.0246. The highest BCUT2D eigenvalue weighted by molar-refractivity contribution is 5.94. The summed E-state index contributed by atoms with van der Waals surface area (Å²) in [6, 6.07) is 10.8. The highest BCUT2D eigenvalue weighted by Crippen LogP contribution is 2.17. The number of anilines is 1. The molecule has 106 valence electrons. The Morgan fingerprint density at radius 3 is 2.95 bits per heavy atom. The molecule has 21 heavy (non-hydrogen) atoms. The maximum absolute atomic E-state index is 11.3. The molecular weight excluding hydrogens is 270 g/mol. The van der Waals surface area contributed by atoms with Crippen LogP contribution in [0.25, 0.3) is 11.6 Å². The van der Waals surface area contributed by atoms with Gasteiger partial charge in [0, 0.05) is 11.3 Å². The second-order valence-electron chi connectivity index (χ2n) is 4.48. The van der Waals surface area contributed by atoms with Gasteiger partial charge in [-0.2, -0.15) is 4.98 Å². The molecule has 0 radical (unpaired) electrons. The minimum Gasteiger partial charge on any atom is -0.461 e. The first-order valence-corrected chi connectivity index (χ1v) is 6.44. The molecule has 0 fully saturated rings. The van der Waals surface area contributed by atoms with Crippen LogP contribution in [0.3, 0.4) is 0 Å². The second-order valence-corrected chi connectivity index (χ2v) is 4.48. The molecule has 0 bridgehead atoms. The number of nitrogens with zero attached hydrogens (tertiary/aromatic N) is 2. The normalized spacial score (nSPS) is 10.5. The number of carbonyl (C=O) groups is 1. The molecule has 0 atom stereocenters. The van der Waals surface area contributed by atoms with Gasteiger partial charge in [-0.25, -0.2) is 0 Å². The topological polar surface area (TPSA) is 81.2 Å². The van der Waals surface area contributed by atoms with Gasteiger partial charge < -0.3 is 14.3 Å². The zero-order chi connectivity index (χ0) is 14.7. The van der Waals surface area contributed by atoms with Crippen LogP contribution in [0.15, 0.2) is 51.6 Å². The number of hydrogen-bond acceptors (Lipinski definition) is 6. The largest absolute Gasteiger partial charge is 0.461 e. The molecule has 2 aromatic heterocycles. The monoisotopic (exact) mass is 283 g/mol. The molecule has 0 spiro atoms. The van der Waals surface area contributed by atoms with E-state index in [0.717, 1.165) is 5.69 Å². The van der Waals surface area contributed by atoms with Crippen molar-refractivity contribution in [2.45, 2.75) is 13.5 Å². The van der Waals surface area contributed by atoms with E-state index in [-0.39, 0.29) is 5.78 Å². The summed E-state index contributed by atoms with van der Waals surface area (Å²) < 4.78 is 10.3. The smallest absolute Gasteiger partial charge is 0.246 e. The fourth-order valence-electron chi connectivity index (χ4n) is 1.86. The maximum atomic E-state index is 11.3. The summed E-state index contributed by atoms with van der Waals surface area (Å²) in [4.78, 5) is 15.6. The molecule has 0 aliphatic rings. The second kappa shape index (κ2) is 5.62. The van der Waals surface area contributed by atoms with Crippen LogP contribution >= 0.6 is 0 Å². The lowest BCUT2D eigenvalue weighted by Gasteiger charge is -2.04. The summed E-state index contributed by atoms with van der Waals surface area (Å²) in [6.45, 7) is 1.90. The van der Waals surface area contributed by atoms with Crippen LogP contribution in [-0.2, 0) is 6.54 Å². The number of aromatic nitrogens is 2. The Morgan fingerprint density at radius 2 is 2.19 bits per heavy atom.